The Balaban J connectivity index is 2.13. The van der Waals surface area contributed by atoms with Gasteiger partial charge in [-0.1, -0.05) is 13.3 Å². The van der Waals surface area contributed by atoms with Gasteiger partial charge in [0.2, 0.25) is 0 Å². The van der Waals surface area contributed by atoms with Gasteiger partial charge in [0.05, 0.1) is 6.20 Å². The minimum atomic E-state index is -0.0846. The summed E-state index contributed by atoms with van der Waals surface area (Å²) in [5, 5.41) is 8.24. The molecule has 1 saturated heterocycles. The van der Waals surface area contributed by atoms with Crippen molar-refractivity contribution in [2.24, 2.45) is 5.92 Å². The van der Waals surface area contributed by atoms with Gasteiger partial charge in [0.15, 0.2) is 5.65 Å². The molecule has 2 atom stereocenters. The number of H-pyrrole nitrogens is 1. The number of hydrogen-bond acceptors (Lipinski definition) is 4. The zero-order valence-electron chi connectivity index (χ0n) is 12.2. The van der Waals surface area contributed by atoms with Gasteiger partial charge >= 0.3 is 0 Å². The maximum atomic E-state index is 12.2. The highest BCUT2D eigenvalue weighted by Crippen LogP contribution is 2.28. The fourth-order valence-corrected chi connectivity index (χ4v) is 2.99. The monoisotopic (exact) mass is 275 g/mol. The van der Waals surface area contributed by atoms with Crippen molar-refractivity contribution in [2.45, 2.75) is 39.2 Å². The van der Waals surface area contributed by atoms with Crippen molar-refractivity contribution in [2.75, 3.05) is 13.1 Å². The van der Waals surface area contributed by atoms with Crippen LogP contribution in [0.5, 0.6) is 0 Å². The van der Waals surface area contributed by atoms with Crippen LogP contribution in [0.25, 0.3) is 11.0 Å². The maximum Gasteiger partial charge on any atom is 0.262 e. The SMILES string of the molecule is CC[C@@H]1CNC[C@H]1c1nc2c(cnn2C(C)C)c(=O)[nH]1. The summed E-state index contributed by atoms with van der Waals surface area (Å²) in [5.41, 5.74) is 0.610. The van der Waals surface area contributed by atoms with Crippen LogP contribution in [0.3, 0.4) is 0 Å². The second-order valence-corrected chi connectivity index (χ2v) is 5.80. The quantitative estimate of drug-likeness (QED) is 0.888. The number of nitrogens with zero attached hydrogens (tertiary/aromatic N) is 3. The number of aromatic nitrogens is 4. The first-order valence-corrected chi connectivity index (χ1v) is 7.30. The number of fused-ring (bicyclic) bond motifs is 1. The minimum Gasteiger partial charge on any atom is -0.316 e. The van der Waals surface area contributed by atoms with E-state index in [0.717, 1.165) is 25.3 Å². The highest BCUT2D eigenvalue weighted by atomic mass is 16.1. The van der Waals surface area contributed by atoms with Crippen LogP contribution in [-0.4, -0.2) is 32.8 Å². The minimum absolute atomic E-state index is 0.0846. The molecule has 0 bridgehead atoms. The standard InChI is InChI=1S/C14H21N5O/c1-4-9-5-15-6-10(9)12-17-13-11(14(20)18-12)7-16-19(13)8(2)3/h7-10,15H,4-6H2,1-3H3,(H,17,18,20)/t9-,10-/m1/s1. The van der Waals surface area contributed by atoms with Gasteiger partial charge in [-0.3, -0.25) is 4.79 Å². The van der Waals surface area contributed by atoms with Crippen molar-refractivity contribution in [1.29, 1.82) is 0 Å². The van der Waals surface area contributed by atoms with E-state index in [-0.39, 0.29) is 17.5 Å². The lowest BCUT2D eigenvalue weighted by atomic mass is 9.93. The molecule has 0 aromatic carbocycles. The van der Waals surface area contributed by atoms with Crippen LogP contribution in [0.4, 0.5) is 0 Å². The first-order valence-electron chi connectivity index (χ1n) is 7.30. The molecule has 1 aliphatic rings. The summed E-state index contributed by atoms with van der Waals surface area (Å²) >= 11 is 0. The molecule has 0 radical (unpaired) electrons. The van der Waals surface area contributed by atoms with Gasteiger partial charge in [-0.15, -0.1) is 0 Å². The Bertz CT molecular complexity index is 672. The molecular weight excluding hydrogens is 254 g/mol. The van der Waals surface area contributed by atoms with Crippen LogP contribution < -0.4 is 10.9 Å². The van der Waals surface area contributed by atoms with E-state index in [1.165, 1.54) is 0 Å². The van der Waals surface area contributed by atoms with Gasteiger partial charge in [-0.05, 0) is 26.3 Å². The molecule has 2 aromatic rings. The molecule has 6 nitrogen and oxygen atoms in total. The summed E-state index contributed by atoms with van der Waals surface area (Å²) in [4.78, 5) is 19.9. The first-order chi connectivity index (χ1) is 9.61. The Morgan fingerprint density at radius 3 is 2.95 bits per heavy atom. The summed E-state index contributed by atoms with van der Waals surface area (Å²) in [6.45, 7) is 8.14. The van der Waals surface area contributed by atoms with Crippen LogP contribution in [-0.2, 0) is 0 Å². The van der Waals surface area contributed by atoms with Crippen molar-refractivity contribution in [3.8, 4) is 0 Å². The predicted molar refractivity (Wildman–Crippen MR) is 77.9 cm³/mol. The third-order valence-electron chi connectivity index (χ3n) is 4.19. The number of rotatable bonds is 3. The summed E-state index contributed by atoms with van der Waals surface area (Å²) in [5.74, 6) is 1.61. The molecule has 2 aromatic heterocycles. The van der Waals surface area contributed by atoms with Crippen LogP contribution in [0, 0.1) is 5.92 Å². The molecule has 6 heteroatoms. The summed E-state index contributed by atoms with van der Waals surface area (Å²) in [6.07, 6.45) is 2.69. The Labute approximate surface area is 117 Å². The Morgan fingerprint density at radius 2 is 2.25 bits per heavy atom. The topological polar surface area (TPSA) is 75.6 Å². The lowest BCUT2D eigenvalue weighted by molar-refractivity contribution is 0.482. The zero-order chi connectivity index (χ0) is 14.3. The normalized spacial score (nSPS) is 23.0. The van der Waals surface area contributed by atoms with Crippen LogP contribution in [0.2, 0.25) is 0 Å². The second kappa shape index (κ2) is 5.01. The number of nitrogens with one attached hydrogen (secondary N) is 2. The average molecular weight is 275 g/mol. The van der Waals surface area contributed by atoms with E-state index in [9.17, 15) is 4.79 Å². The van der Waals surface area contributed by atoms with E-state index >= 15 is 0 Å². The molecule has 3 heterocycles. The van der Waals surface area contributed by atoms with Crippen molar-refractivity contribution in [3.05, 3.63) is 22.4 Å². The maximum absolute atomic E-state index is 12.2. The van der Waals surface area contributed by atoms with E-state index in [2.05, 4.69) is 22.3 Å². The van der Waals surface area contributed by atoms with Gasteiger partial charge in [0.1, 0.15) is 11.2 Å². The first kappa shape index (κ1) is 13.3. The fraction of sp³-hybridized carbons (Fsp3) is 0.643. The van der Waals surface area contributed by atoms with Gasteiger partial charge in [-0.25, -0.2) is 9.67 Å². The molecule has 3 rings (SSSR count). The molecule has 2 N–H and O–H groups in total. The molecule has 1 fully saturated rings. The lowest BCUT2D eigenvalue weighted by Gasteiger charge is -2.16. The third kappa shape index (κ3) is 2.04. The molecule has 20 heavy (non-hydrogen) atoms. The molecule has 0 saturated carbocycles. The van der Waals surface area contributed by atoms with Crippen molar-refractivity contribution < 1.29 is 0 Å². The smallest absolute Gasteiger partial charge is 0.262 e. The van der Waals surface area contributed by atoms with Crippen LogP contribution >= 0.6 is 0 Å². The Hall–Kier alpha value is -1.69. The van der Waals surface area contributed by atoms with Gasteiger partial charge in [0.25, 0.3) is 5.56 Å². The molecular formula is C14H21N5O. The summed E-state index contributed by atoms with van der Waals surface area (Å²) < 4.78 is 1.82. The third-order valence-corrected chi connectivity index (χ3v) is 4.19. The van der Waals surface area contributed by atoms with Gasteiger partial charge in [0, 0.05) is 18.5 Å². The summed E-state index contributed by atoms with van der Waals surface area (Å²) in [6, 6.07) is 0.193. The second-order valence-electron chi connectivity index (χ2n) is 5.80. The van der Waals surface area contributed by atoms with Crippen LogP contribution in [0.15, 0.2) is 11.0 Å². The molecule has 0 unspecified atom stereocenters. The number of hydrogen-bond donors (Lipinski definition) is 2. The van der Waals surface area contributed by atoms with E-state index < -0.39 is 0 Å². The molecule has 0 spiro atoms. The number of aromatic amines is 1. The largest absolute Gasteiger partial charge is 0.316 e. The molecule has 0 amide bonds. The fourth-order valence-electron chi connectivity index (χ4n) is 2.99. The van der Waals surface area contributed by atoms with Crippen molar-refractivity contribution >= 4 is 11.0 Å². The Kier molecular flexibility index (Phi) is 3.33. The van der Waals surface area contributed by atoms with Crippen LogP contribution in [0.1, 0.15) is 45.0 Å². The van der Waals surface area contributed by atoms with Gasteiger partial charge < -0.3 is 10.3 Å². The Morgan fingerprint density at radius 1 is 1.45 bits per heavy atom. The van der Waals surface area contributed by atoms with Gasteiger partial charge in [-0.2, -0.15) is 5.10 Å². The van der Waals surface area contributed by atoms with E-state index in [4.69, 9.17) is 4.98 Å². The van der Waals surface area contributed by atoms with Crippen molar-refractivity contribution in [3.63, 3.8) is 0 Å². The van der Waals surface area contributed by atoms with E-state index in [1.54, 1.807) is 6.20 Å². The highest BCUT2D eigenvalue weighted by molar-refractivity contribution is 5.73. The predicted octanol–water partition coefficient (Wildman–Crippen LogP) is 1.41. The van der Waals surface area contributed by atoms with E-state index in [0.29, 0.717) is 17.0 Å². The summed E-state index contributed by atoms with van der Waals surface area (Å²) in [7, 11) is 0. The molecule has 108 valence electrons. The lowest BCUT2D eigenvalue weighted by Crippen LogP contribution is -2.20. The average Bonchev–Trinajstić information content (AvgIpc) is 3.04. The van der Waals surface area contributed by atoms with E-state index in [1.807, 2.05) is 18.5 Å². The molecule has 0 aliphatic carbocycles. The van der Waals surface area contributed by atoms with Crippen molar-refractivity contribution in [1.82, 2.24) is 25.1 Å². The highest BCUT2D eigenvalue weighted by Gasteiger charge is 2.29. The zero-order valence-corrected chi connectivity index (χ0v) is 12.2. The molecule has 1 aliphatic heterocycles.